The first kappa shape index (κ1) is 18.8. The predicted octanol–water partition coefficient (Wildman–Crippen LogP) is 3.53. The number of hydrogen-bond acceptors (Lipinski definition) is 6. The van der Waals surface area contributed by atoms with Crippen molar-refractivity contribution in [1.82, 2.24) is 0 Å². The second kappa shape index (κ2) is 8.58. The zero-order valence-corrected chi connectivity index (χ0v) is 15.4. The fourth-order valence-corrected chi connectivity index (χ4v) is 2.46. The summed E-state index contributed by atoms with van der Waals surface area (Å²) in [6.45, 7) is 5.31. The summed E-state index contributed by atoms with van der Waals surface area (Å²) < 4.78 is 21.6. The lowest BCUT2D eigenvalue weighted by atomic mass is 10.1. The molecule has 0 fully saturated rings. The van der Waals surface area contributed by atoms with Crippen molar-refractivity contribution in [2.75, 3.05) is 26.4 Å². The van der Waals surface area contributed by atoms with Crippen LogP contribution in [0, 0.1) is 5.92 Å². The summed E-state index contributed by atoms with van der Waals surface area (Å²) in [7, 11) is 0. The van der Waals surface area contributed by atoms with Crippen LogP contribution in [-0.4, -0.2) is 38.2 Å². The molecule has 0 N–H and O–H groups in total. The van der Waals surface area contributed by atoms with Crippen molar-refractivity contribution >= 4 is 11.8 Å². The van der Waals surface area contributed by atoms with Gasteiger partial charge in [-0.1, -0.05) is 13.8 Å². The average molecular weight is 370 g/mol. The minimum Gasteiger partial charge on any atom is -0.493 e. The van der Waals surface area contributed by atoms with E-state index in [2.05, 4.69) is 13.8 Å². The predicted molar refractivity (Wildman–Crippen MR) is 98.8 cm³/mol. The Morgan fingerprint density at radius 1 is 0.963 bits per heavy atom. The topological polar surface area (TPSA) is 71.1 Å². The third-order valence-electron chi connectivity index (χ3n) is 3.87. The molecular formula is C21H22O6. The Hall–Kier alpha value is -3.02. The molecule has 0 amide bonds. The number of ketones is 1. The maximum atomic E-state index is 12.3. The van der Waals surface area contributed by atoms with Gasteiger partial charge >= 0.3 is 5.97 Å². The lowest BCUT2D eigenvalue weighted by Crippen LogP contribution is -2.17. The lowest BCUT2D eigenvalue weighted by molar-refractivity contribution is 0.0474. The maximum Gasteiger partial charge on any atom is 0.338 e. The summed E-state index contributed by atoms with van der Waals surface area (Å²) in [5.74, 6) is 1.37. The van der Waals surface area contributed by atoms with E-state index in [1.165, 1.54) is 0 Å². The third-order valence-corrected chi connectivity index (χ3v) is 3.87. The molecule has 6 nitrogen and oxygen atoms in total. The van der Waals surface area contributed by atoms with Gasteiger partial charge in [0.2, 0.25) is 0 Å². The Labute approximate surface area is 158 Å². The molecule has 1 aliphatic rings. The van der Waals surface area contributed by atoms with E-state index < -0.39 is 5.97 Å². The van der Waals surface area contributed by atoms with Gasteiger partial charge in [-0.25, -0.2) is 4.79 Å². The van der Waals surface area contributed by atoms with Crippen LogP contribution in [0.2, 0.25) is 0 Å². The van der Waals surface area contributed by atoms with E-state index >= 15 is 0 Å². The molecule has 0 aromatic heterocycles. The van der Waals surface area contributed by atoms with Gasteiger partial charge < -0.3 is 18.9 Å². The van der Waals surface area contributed by atoms with E-state index in [1.807, 2.05) is 0 Å². The standard InChI is InChI=1S/C21H22O6/c1-14(2)12-26-17-6-3-15(4-7-17)21(23)27-13-18(22)16-5-8-19-20(11-16)25-10-9-24-19/h3-8,11,14H,9-10,12-13H2,1-2H3. The molecule has 6 heteroatoms. The first-order valence-corrected chi connectivity index (χ1v) is 8.86. The van der Waals surface area contributed by atoms with Crippen LogP contribution in [0.15, 0.2) is 42.5 Å². The summed E-state index contributed by atoms with van der Waals surface area (Å²) in [6, 6.07) is 11.6. The minimum absolute atomic E-state index is 0.308. The number of carbonyl (C=O) groups excluding carboxylic acids is 2. The number of esters is 1. The number of hydrogen-bond donors (Lipinski definition) is 0. The largest absolute Gasteiger partial charge is 0.493 e. The number of rotatable bonds is 7. The fourth-order valence-electron chi connectivity index (χ4n) is 2.46. The van der Waals surface area contributed by atoms with Gasteiger partial charge in [-0.15, -0.1) is 0 Å². The van der Waals surface area contributed by atoms with E-state index in [9.17, 15) is 9.59 Å². The monoisotopic (exact) mass is 370 g/mol. The SMILES string of the molecule is CC(C)COc1ccc(C(=O)OCC(=O)c2ccc3c(c2)OCCO3)cc1. The van der Waals surface area contributed by atoms with E-state index in [0.29, 0.717) is 54.1 Å². The van der Waals surface area contributed by atoms with Crippen LogP contribution in [0.1, 0.15) is 34.6 Å². The number of carbonyl (C=O) groups is 2. The third kappa shape index (κ3) is 5.00. The van der Waals surface area contributed by atoms with E-state index in [0.717, 1.165) is 0 Å². The molecule has 0 atom stereocenters. The van der Waals surface area contributed by atoms with Crippen LogP contribution in [-0.2, 0) is 4.74 Å². The Morgan fingerprint density at radius 3 is 2.33 bits per heavy atom. The summed E-state index contributed by atoms with van der Waals surface area (Å²) in [5.41, 5.74) is 0.770. The molecule has 2 aromatic carbocycles. The van der Waals surface area contributed by atoms with Crippen molar-refractivity contribution in [2.24, 2.45) is 5.92 Å². The van der Waals surface area contributed by atoms with Crippen LogP contribution < -0.4 is 14.2 Å². The van der Waals surface area contributed by atoms with Crippen LogP contribution in [0.4, 0.5) is 0 Å². The van der Waals surface area contributed by atoms with E-state index in [-0.39, 0.29) is 12.4 Å². The average Bonchev–Trinajstić information content (AvgIpc) is 2.70. The van der Waals surface area contributed by atoms with Crippen LogP contribution in [0.3, 0.4) is 0 Å². The molecule has 0 saturated heterocycles. The van der Waals surface area contributed by atoms with Crippen LogP contribution in [0.5, 0.6) is 17.2 Å². The van der Waals surface area contributed by atoms with Gasteiger partial charge in [-0.2, -0.15) is 0 Å². The molecule has 0 spiro atoms. The second-order valence-corrected chi connectivity index (χ2v) is 6.59. The zero-order valence-electron chi connectivity index (χ0n) is 15.4. The molecular weight excluding hydrogens is 348 g/mol. The van der Waals surface area contributed by atoms with Crippen molar-refractivity contribution in [3.63, 3.8) is 0 Å². The molecule has 27 heavy (non-hydrogen) atoms. The molecule has 3 rings (SSSR count). The van der Waals surface area contributed by atoms with Gasteiger partial charge in [0, 0.05) is 5.56 Å². The van der Waals surface area contributed by atoms with Crippen molar-refractivity contribution in [2.45, 2.75) is 13.8 Å². The van der Waals surface area contributed by atoms with Gasteiger partial charge in [0.05, 0.1) is 12.2 Å². The molecule has 142 valence electrons. The first-order valence-electron chi connectivity index (χ1n) is 8.86. The van der Waals surface area contributed by atoms with Crippen LogP contribution in [0.25, 0.3) is 0 Å². The Kier molecular flexibility index (Phi) is 5.96. The molecule has 1 aliphatic heterocycles. The molecule has 1 heterocycles. The van der Waals surface area contributed by atoms with Gasteiger partial charge in [-0.3, -0.25) is 4.79 Å². The van der Waals surface area contributed by atoms with Crippen molar-refractivity contribution in [3.8, 4) is 17.2 Å². The van der Waals surface area contributed by atoms with E-state index in [4.69, 9.17) is 18.9 Å². The quantitative estimate of drug-likeness (QED) is 0.548. The molecule has 0 bridgehead atoms. The van der Waals surface area contributed by atoms with Gasteiger partial charge in [0.25, 0.3) is 0 Å². The van der Waals surface area contributed by atoms with Gasteiger partial charge in [0.15, 0.2) is 23.9 Å². The number of fused-ring (bicyclic) bond motifs is 1. The summed E-state index contributed by atoms with van der Waals surface area (Å²) in [6.07, 6.45) is 0. The fraction of sp³-hybridized carbons (Fsp3) is 0.333. The number of Topliss-reactive ketones (excluding diaryl/α,β-unsaturated/α-hetero) is 1. The highest BCUT2D eigenvalue weighted by atomic mass is 16.6. The highest BCUT2D eigenvalue weighted by Gasteiger charge is 2.16. The smallest absolute Gasteiger partial charge is 0.338 e. The van der Waals surface area contributed by atoms with Crippen molar-refractivity contribution < 1.29 is 28.5 Å². The van der Waals surface area contributed by atoms with Crippen molar-refractivity contribution in [3.05, 3.63) is 53.6 Å². The molecule has 0 saturated carbocycles. The van der Waals surface area contributed by atoms with E-state index in [1.54, 1.807) is 42.5 Å². The highest BCUT2D eigenvalue weighted by molar-refractivity contribution is 5.99. The normalized spacial score (nSPS) is 12.6. The Bertz CT molecular complexity index is 810. The minimum atomic E-state index is -0.559. The van der Waals surface area contributed by atoms with Gasteiger partial charge in [-0.05, 0) is 48.4 Å². The van der Waals surface area contributed by atoms with Gasteiger partial charge in [0.1, 0.15) is 19.0 Å². The van der Waals surface area contributed by atoms with Crippen molar-refractivity contribution in [1.29, 1.82) is 0 Å². The molecule has 0 radical (unpaired) electrons. The summed E-state index contributed by atoms with van der Waals surface area (Å²) in [5, 5.41) is 0. The number of benzene rings is 2. The molecule has 2 aromatic rings. The zero-order chi connectivity index (χ0) is 19.2. The lowest BCUT2D eigenvalue weighted by Gasteiger charge is -2.18. The second-order valence-electron chi connectivity index (χ2n) is 6.59. The van der Waals surface area contributed by atoms with Crippen LogP contribution >= 0.6 is 0 Å². The first-order chi connectivity index (χ1) is 13.0. The molecule has 0 aliphatic carbocycles. The molecule has 0 unspecified atom stereocenters. The Morgan fingerprint density at radius 2 is 1.63 bits per heavy atom. The highest BCUT2D eigenvalue weighted by Crippen LogP contribution is 2.30. The summed E-state index contributed by atoms with van der Waals surface area (Å²) in [4.78, 5) is 24.4. The maximum absolute atomic E-state index is 12.3. The summed E-state index contributed by atoms with van der Waals surface area (Å²) >= 11 is 0. The number of ether oxygens (including phenoxy) is 4. The Balaban J connectivity index is 1.54.